The summed E-state index contributed by atoms with van der Waals surface area (Å²) < 4.78 is 0. The first-order chi connectivity index (χ1) is 9.77. The van der Waals surface area contributed by atoms with Gasteiger partial charge in [0, 0.05) is 11.5 Å². The van der Waals surface area contributed by atoms with Gasteiger partial charge in [0.15, 0.2) is 5.78 Å². The van der Waals surface area contributed by atoms with Gasteiger partial charge >= 0.3 is 0 Å². The summed E-state index contributed by atoms with van der Waals surface area (Å²) in [4.78, 5) is 12.4. The summed E-state index contributed by atoms with van der Waals surface area (Å²) in [5.41, 5.74) is 4.38. The van der Waals surface area contributed by atoms with Crippen molar-refractivity contribution >= 4 is 11.4 Å². The number of carbonyl (C=O) groups excluding carboxylic acids is 1. The van der Waals surface area contributed by atoms with E-state index in [1.54, 1.807) is 0 Å². The molecule has 1 heteroatoms. The van der Waals surface area contributed by atoms with Crippen LogP contribution in [0, 0.1) is 5.92 Å². The van der Waals surface area contributed by atoms with Gasteiger partial charge in [-0.1, -0.05) is 67.6 Å². The maximum absolute atomic E-state index is 12.4. The molecular formula is C19H18O. The van der Waals surface area contributed by atoms with Crippen LogP contribution in [0.5, 0.6) is 0 Å². The van der Waals surface area contributed by atoms with Gasteiger partial charge < -0.3 is 0 Å². The molecule has 0 aliphatic heterocycles. The molecule has 100 valence electrons. The number of rotatable bonds is 2. The zero-order valence-corrected chi connectivity index (χ0v) is 11.7. The topological polar surface area (TPSA) is 17.1 Å². The van der Waals surface area contributed by atoms with E-state index in [-0.39, 0.29) is 5.92 Å². The Morgan fingerprint density at radius 1 is 0.900 bits per heavy atom. The molecule has 2 aromatic rings. The lowest BCUT2D eigenvalue weighted by molar-refractivity contribution is -0.117. The van der Waals surface area contributed by atoms with E-state index in [9.17, 15) is 4.79 Å². The molecule has 0 N–H and O–H groups in total. The zero-order valence-electron chi connectivity index (χ0n) is 11.7. The van der Waals surface area contributed by atoms with Crippen molar-refractivity contribution in [3.05, 3.63) is 77.4 Å². The van der Waals surface area contributed by atoms with Crippen LogP contribution >= 0.6 is 0 Å². The van der Waals surface area contributed by atoms with Gasteiger partial charge in [0.05, 0.1) is 0 Å². The van der Waals surface area contributed by atoms with Crippen LogP contribution in [-0.2, 0) is 4.79 Å². The van der Waals surface area contributed by atoms with E-state index < -0.39 is 0 Å². The minimum atomic E-state index is 0.160. The quantitative estimate of drug-likeness (QED) is 0.729. The van der Waals surface area contributed by atoms with Crippen LogP contribution in [0.2, 0.25) is 0 Å². The summed E-state index contributed by atoms with van der Waals surface area (Å²) in [6, 6.07) is 20.5. The standard InChI is InChI=1S/C19H18O/c1-14-12-13-17(19(14)20)18(15-8-4-2-5-9-15)16-10-6-3-7-11-16/h2-11,14H,12-13H2,1H3. The van der Waals surface area contributed by atoms with Gasteiger partial charge in [0.1, 0.15) is 0 Å². The van der Waals surface area contributed by atoms with Crippen molar-refractivity contribution in [3.8, 4) is 0 Å². The molecule has 1 unspecified atom stereocenters. The molecule has 0 bridgehead atoms. The second-order valence-corrected chi connectivity index (χ2v) is 5.39. The first-order valence-electron chi connectivity index (χ1n) is 7.15. The Hall–Kier alpha value is -2.15. The number of allylic oxidation sites excluding steroid dienone is 1. The third kappa shape index (κ3) is 2.32. The maximum atomic E-state index is 12.4. The van der Waals surface area contributed by atoms with Crippen molar-refractivity contribution in [2.24, 2.45) is 5.92 Å². The monoisotopic (exact) mass is 262 g/mol. The van der Waals surface area contributed by atoms with E-state index in [0.717, 1.165) is 35.1 Å². The number of ketones is 1. The van der Waals surface area contributed by atoms with E-state index in [1.165, 1.54) is 0 Å². The molecule has 0 saturated heterocycles. The predicted molar refractivity (Wildman–Crippen MR) is 82.3 cm³/mol. The average molecular weight is 262 g/mol. The molecule has 0 spiro atoms. The fourth-order valence-corrected chi connectivity index (χ4v) is 2.89. The summed E-state index contributed by atoms with van der Waals surface area (Å²) >= 11 is 0. The molecule has 1 aliphatic carbocycles. The predicted octanol–water partition coefficient (Wildman–Crippen LogP) is 4.49. The van der Waals surface area contributed by atoms with Gasteiger partial charge in [-0.3, -0.25) is 4.79 Å². The summed E-state index contributed by atoms with van der Waals surface area (Å²) in [5.74, 6) is 0.472. The molecule has 1 aliphatic rings. The van der Waals surface area contributed by atoms with Crippen LogP contribution in [0.4, 0.5) is 0 Å². The van der Waals surface area contributed by atoms with E-state index >= 15 is 0 Å². The first kappa shape index (κ1) is 12.9. The van der Waals surface area contributed by atoms with Gasteiger partial charge in [-0.15, -0.1) is 0 Å². The van der Waals surface area contributed by atoms with Crippen LogP contribution in [0.3, 0.4) is 0 Å². The smallest absolute Gasteiger partial charge is 0.162 e. The fraction of sp³-hybridized carbons (Fsp3) is 0.211. The molecule has 0 amide bonds. The van der Waals surface area contributed by atoms with Gasteiger partial charge in [0.2, 0.25) is 0 Å². The molecule has 0 radical (unpaired) electrons. The normalized spacial score (nSPS) is 18.4. The Morgan fingerprint density at radius 2 is 1.40 bits per heavy atom. The van der Waals surface area contributed by atoms with Gasteiger partial charge in [-0.2, -0.15) is 0 Å². The van der Waals surface area contributed by atoms with Crippen molar-refractivity contribution in [1.29, 1.82) is 0 Å². The van der Waals surface area contributed by atoms with Crippen molar-refractivity contribution in [2.45, 2.75) is 19.8 Å². The van der Waals surface area contributed by atoms with Crippen molar-refractivity contribution in [3.63, 3.8) is 0 Å². The summed E-state index contributed by atoms with van der Waals surface area (Å²) in [6.07, 6.45) is 1.86. The minimum absolute atomic E-state index is 0.160. The van der Waals surface area contributed by atoms with Crippen molar-refractivity contribution in [1.82, 2.24) is 0 Å². The van der Waals surface area contributed by atoms with Crippen molar-refractivity contribution < 1.29 is 4.79 Å². The number of hydrogen-bond donors (Lipinski definition) is 0. The highest BCUT2D eigenvalue weighted by atomic mass is 16.1. The average Bonchev–Trinajstić information content (AvgIpc) is 2.82. The molecule has 0 aromatic heterocycles. The highest BCUT2D eigenvalue weighted by Crippen LogP contribution is 2.36. The van der Waals surface area contributed by atoms with E-state index in [0.29, 0.717) is 5.78 Å². The maximum Gasteiger partial charge on any atom is 0.162 e. The third-order valence-electron chi connectivity index (χ3n) is 4.00. The number of Topliss-reactive ketones (excluding diaryl/α,β-unsaturated/α-hetero) is 1. The van der Waals surface area contributed by atoms with Crippen molar-refractivity contribution in [2.75, 3.05) is 0 Å². The Kier molecular flexibility index (Phi) is 3.51. The zero-order chi connectivity index (χ0) is 13.9. The van der Waals surface area contributed by atoms with Gasteiger partial charge in [-0.05, 0) is 29.5 Å². The second-order valence-electron chi connectivity index (χ2n) is 5.39. The Balaban J connectivity index is 2.20. The summed E-state index contributed by atoms with van der Waals surface area (Å²) in [6.45, 7) is 2.03. The van der Waals surface area contributed by atoms with Crippen LogP contribution < -0.4 is 0 Å². The third-order valence-corrected chi connectivity index (χ3v) is 4.00. The highest BCUT2D eigenvalue weighted by molar-refractivity contribution is 6.08. The van der Waals surface area contributed by atoms with Crippen LogP contribution in [0.1, 0.15) is 30.9 Å². The Morgan fingerprint density at radius 3 is 1.80 bits per heavy atom. The number of hydrogen-bond acceptors (Lipinski definition) is 1. The Labute approximate surface area is 120 Å². The van der Waals surface area contributed by atoms with E-state index in [1.807, 2.05) is 43.3 Å². The lowest BCUT2D eigenvalue weighted by Gasteiger charge is -2.12. The fourth-order valence-electron chi connectivity index (χ4n) is 2.89. The second kappa shape index (κ2) is 5.46. The molecule has 3 rings (SSSR count). The van der Waals surface area contributed by atoms with Crippen LogP contribution in [-0.4, -0.2) is 5.78 Å². The molecule has 1 saturated carbocycles. The summed E-state index contributed by atoms with van der Waals surface area (Å²) in [5, 5.41) is 0. The SMILES string of the molecule is CC1CCC(=C(c2ccccc2)c2ccccc2)C1=O. The highest BCUT2D eigenvalue weighted by Gasteiger charge is 2.28. The minimum Gasteiger partial charge on any atom is -0.294 e. The molecule has 0 heterocycles. The largest absolute Gasteiger partial charge is 0.294 e. The molecule has 1 atom stereocenters. The molecule has 1 nitrogen and oxygen atoms in total. The first-order valence-corrected chi connectivity index (χ1v) is 7.15. The number of carbonyl (C=O) groups is 1. The molecule has 2 aromatic carbocycles. The summed E-state index contributed by atoms with van der Waals surface area (Å²) in [7, 11) is 0. The molecular weight excluding hydrogens is 244 g/mol. The van der Waals surface area contributed by atoms with Gasteiger partial charge in [0.25, 0.3) is 0 Å². The molecule has 1 fully saturated rings. The van der Waals surface area contributed by atoms with Crippen LogP contribution in [0.15, 0.2) is 66.2 Å². The van der Waals surface area contributed by atoms with Crippen LogP contribution in [0.25, 0.3) is 5.57 Å². The Bertz CT molecular complexity index is 596. The van der Waals surface area contributed by atoms with E-state index in [2.05, 4.69) is 24.3 Å². The lowest BCUT2D eigenvalue weighted by Crippen LogP contribution is -2.05. The molecule has 20 heavy (non-hydrogen) atoms. The lowest BCUT2D eigenvalue weighted by atomic mass is 9.91. The van der Waals surface area contributed by atoms with E-state index in [4.69, 9.17) is 0 Å². The number of benzene rings is 2. The van der Waals surface area contributed by atoms with Gasteiger partial charge in [-0.25, -0.2) is 0 Å².